The van der Waals surface area contributed by atoms with Crippen LogP contribution in [0, 0.1) is 0 Å². The van der Waals surface area contributed by atoms with Gasteiger partial charge in [0.2, 0.25) is 0 Å². The number of carbonyl (C=O) groups is 2. The van der Waals surface area contributed by atoms with Crippen molar-refractivity contribution in [3.8, 4) is 0 Å². The molecular weight excluding hydrogens is 530 g/mol. The van der Waals surface area contributed by atoms with Crippen molar-refractivity contribution in [2.45, 2.75) is 51.4 Å². The van der Waals surface area contributed by atoms with Gasteiger partial charge in [-0.25, -0.2) is 4.79 Å². The van der Waals surface area contributed by atoms with Crippen molar-refractivity contribution in [1.82, 2.24) is 4.90 Å². The van der Waals surface area contributed by atoms with Crippen LogP contribution in [0.2, 0.25) is 0 Å². The monoisotopic (exact) mass is 569 g/mol. The number of nitrogens with zero attached hydrogens (tertiary/aromatic N) is 1. The van der Waals surface area contributed by atoms with Crippen molar-refractivity contribution in [3.63, 3.8) is 0 Å². The largest absolute Gasteiger partial charge is 0.465 e. The predicted molar refractivity (Wildman–Crippen MR) is 165 cm³/mol. The summed E-state index contributed by atoms with van der Waals surface area (Å²) in [6.45, 7) is 2.85. The highest BCUT2D eigenvalue weighted by molar-refractivity contribution is 7.10. The van der Waals surface area contributed by atoms with Gasteiger partial charge in [-0.15, -0.1) is 11.3 Å². The van der Waals surface area contributed by atoms with E-state index in [1.165, 1.54) is 23.1 Å². The first-order valence-corrected chi connectivity index (χ1v) is 15.1. The van der Waals surface area contributed by atoms with Crippen molar-refractivity contribution in [1.29, 1.82) is 0 Å². The van der Waals surface area contributed by atoms with E-state index >= 15 is 0 Å². The van der Waals surface area contributed by atoms with Crippen LogP contribution in [-0.2, 0) is 40.3 Å². The summed E-state index contributed by atoms with van der Waals surface area (Å²) in [5.74, 6) is -0.336. The fourth-order valence-electron chi connectivity index (χ4n) is 4.79. The average molecular weight is 570 g/mol. The first-order valence-electron chi connectivity index (χ1n) is 14.2. The Balaban J connectivity index is 1.39. The van der Waals surface area contributed by atoms with Crippen molar-refractivity contribution >= 4 is 23.6 Å². The van der Waals surface area contributed by atoms with E-state index in [2.05, 4.69) is 77.0 Å². The summed E-state index contributed by atoms with van der Waals surface area (Å²) in [5, 5.41) is 2.09. The Hall–Kier alpha value is -3.58. The molecule has 0 aliphatic heterocycles. The van der Waals surface area contributed by atoms with E-state index in [1.54, 1.807) is 11.3 Å². The van der Waals surface area contributed by atoms with Crippen molar-refractivity contribution in [3.05, 3.63) is 129 Å². The number of methoxy groups -OCH3 is 1. The van der Waals surface area contributed by atoms with E-state index in [0.717, 1.165) is 62.7 Å². The highest BCUT2D eigenvalue weighted by Crippen LogP contribution is 2.26. The molecule has 1 aromatic heterocycles. The molecule has 41 heavy (non-hydrogen) atoms. The fraction of sp³-hybridized carbons (Fsp3) is 0.314. The van der Waals surface area contributed by atoms with Gasteiger partial charge in [0.25, 0.3) is 0 Å². The maximum atomic E-state index is 11.8. The van der Waals surface area contributed by atoms with Crippen LogP contribution in [0.3, 0.4) is 0 Å². The molecule has 1 heterocycles. The number of aldehydes is 1. The lowest BCUT2D eigenvalue weighted by Gasteiger charge is -2.27. The third-order valence-electron chi connectivity index (χ3n) is 7.13. The van der Waals surface area contributed by atoms with Crippen LogP contribution in [0.1, 0.15) is 62.9 Å². The van der Waals surface area contributed by atoms with Gasteiger partial charge in [-0.05, 0) is 78.1 Å². The Labute approximate surface area is 247 Å². The maximum absolute atomic E-state index is 11.8. The zero-order chi connectivity index (χ0) is 28.7. The molecule has 0 amide bonds. The van der Waals surface area contributed by atoms with E-state index < -0.39 is 0 Å². The summed E-state index contributed by atoms with van der Waals surface area (Å²) in [7, 11) is 1.39. The Morgan fingerprint density at radius 3 is 2.17 bits per heavy atom. The highest BCUT2D eigenvalue weighted by atomic mass is 32.1. The fourth-order valence-corrected chi connectivity index (χ4v) is 5.55. The minimum Gasteiger partial charge on any atom is -0.465 e. The minimum absolute atomic E-state index is 0.0758. The van der Waals surface area contributed by atoms with Crippen LogP contribution >= 0.6 is 11.3 Å². The molecule has 1 atom stereocenters. The molecule has 0 radical (unpaired) electrons. The van der Waals surface area contributed by atoms with Gasteiger partial charge in [0.15, 0.2) is 0 Å². The highest BCUT2D eigenvalue weighted by Gasteiger charge is 2.19. The number of hydrogen-bond acceptors (Lipinski definition) is 6. The predicted octanol–water partition coefficient (Wildman–Crippen LogP) is 7.45. The lowest BCUT2D eigenvalue weighted by Crippen LogP contribution is -2.30. The number of esters is 1. The molecule has 5 nitrogen and oxygen atoms in total. The molecule has 0 bridgehead atoms. The summed E-state index contributed by atoms with van der Waals surface area (Å²) in [6.07, 6.45) is 5.33. The van der Waals surface area contributed by atoms with E-state index in [9.17, 15) is 9.59 Å². The summed E-state index contributed by atoms with van der Waals surface area (Å²) >= 11 is 1.71. The first-order chi connectivity index (χ1) is 20.1. The van der Waals surface area contributed by atoms with Gasteiger partial charge in [-0.3, -0.25) is 4.90 Å². The van der Waals surface area contributed by atoms with Crippen molar-refractivity contribution in [2.24, 2.45) is 0 Å². The van der Waals surface area contributed by atoms with E-state index in [4.69, 9.17) is 9.47 Å². The molecule has 4 rings (SSSR count). The molecule has 0 spiro atoms. The first kappa shape index (κ1) is 30.4. The molecular formula is C35H39NO4S. The normalized spacial score (nSPS) is 11.9. The molecule has 0 aliphatic carbocycles. The van der Waals surface area contributed by atoms with Gasteiger partial charge >= 0.3 is 5.97 Å². The Kier molecular flexibility index (Phi) is 12.3. The van der Waals surface area contributed by atoms with Gasteiger partial charge < -0.3 is 14.3 Å². The van der Waals surface area contributed by atoms with Crippen LogP contribution in [0.5, 0.6) is 0 Å². The third-order valence-corrected chi connectivity index (χ3v) is 8.10. The van der Waals surface area contributed by atoms with Crippen LogP contribution in [-0.4, -0.2) is 37.4 Å². The molecule has 1 unspecified atom stereocenters. The second-order valence-electron chi connectivity index (χ2n) is 10.2. The molecule has 0 saturated heterocycles. The van der Waals surface area contributed by atoms with Crippen molar-refractivity contribution < 1.29 is 19.1 Å². The molecule has 4 aromatic rings. The van der Waals surface area contributed by atoms with Crippen LogP contribution in [0.25, 0.3) is 0 Å². The van der Waals surface area contributed by atoms with Crippen molar-refractivity contribution in [2.75, 3.05) is 20.2 Å². The standard InChI is InChI=1S/C35H39NO4S/c1-39-35(38)32-20-18-30(19-21-32)25-36(22-6-3-7-23-37)26-33(34-11-8-24-41-34)40-27-31-16-14-29(15-17-31)13-12-28-9-4-2-5-10-28/h2,4-5,8-11,14-21,23-24,33H,3,6-7,12-13,22,25-27H2,1H3. The topological polar surface area (TPSA) is 55.8 Å². The van der Waals surface area contributed by atoms with Crippen LogP contribution in [0.15, 0.2) is 96.4 Å². The number of unbranched alkanes of at least 4 members (excludes halogenated alkanes) is 2. The van der Waals surface area contributed by atoms with Crippen LogP contribution < -0.4 is 0 Å². The molecule has 0 fully saturated rings. The van der Waals surface area contributed by atoms with Gasteiger partial charge in [-0.1, -0.05) is 72.8 Å². The molecule has 3 aromatic carbocycles. The maximum Gasteiger partial charge on any atom is 0.337 e. The van der Waals surface area contributed by atoms with Gasteiger partial charge in [0.05, 0.1) is 19.3 Å². The smallest absolute Gasteiger partial charge is 0.337 e. The number of rotatable bonds is 17. The Morgan fingerprint density at radius 2 is 1.51 bits per heavy atom. The molecule has 0 aliphatic rings. The SMILES string of the molecule is COC(=O)c1ccc(CN(CCCCC=O)CC(OCc2ccc(CCc3ccccc3)cc2)c2cccs2)cc1. The lowest BCUT2D eigenvalue weighted by molar-refractivity contribution is -0.107. The number of carbonyl (C=O) groups excluding carboxylic acids is 2. The van der Waals surface area contributed by atoms with E-state index in [0.29, 0.717) is 18.6 Å². The summed E-state index contributed by atoms with van der Waals surface area (Å²) in [5.41, 5.74) is 5.50. The van der Waals surface area contributed by atoms with Crippen LogP contribution in [0.4, 0.5) is 0 Å². The molecule has 214 valence electrons. The number of benzene rings is 3. The molecule has 6 heteroatoms. The lowest BCUT2D eigenvalue weighted by atomic mass is 10.0. The zero-order valence-electron chi connectivity index (χ0n) is 23.7. The van der Waals surface area contributed by atoms with E-state index in [1.807, 2.05) is 24.3 Å². The third kappa shape index (κ3) is 10.1. The average Bonchev–Trinajstić information content (AvgIpc) is 3.56. The summed E-state index contributed by atoms with van der Waals surface area (Å²) in [6, 6.07) is 31.1. The summed E-state index contributed by atoms with van der Waals surface area (Å²) < 4.78 is 11.4. The number of thiophene rings is 1. The second kappa shape index (κ2) is 16.6. The van der Waals surface area contributed by atoms with E-state index in [-0.39, 0.29) is 12.1 Å². The number of hydrogen-bond donors (Lipinski definition) is 0. The molecule has 0 N–H and O–H groups in total. The summed E-state index contributed by atoms with van der Waals surface area (Å²) in [4.78, 5) is 26.3. The Bertz CT molecular complexity index is 1300. The number of ether oxygens (including phenoxy) is 2. The minimum atomic E-state index is -0.336. The Morgan fingerprint density at radius 1 is 0.829 bits per heavy atom. The van der Waals surface area contributed by atoms with Gasteiger partial charge in [0.1, 0.15) is 12.4 Å². The van der Waals surface area contributed by atoms with Gasteiger partial charge in [-0.2, -0.15) is 0 Å². The molecule has 0 saturated carbocycles. The second-order valence-corrected chi connectivity index (χ2v) is 11.2. The van der Waals surface area contributed by atoms with Gasteiger partial charge in [0, 0.05) is 24.4 Å². The quantitative estimate of drug-likeness (QED) is 0.0751. The number of aryl methyl sites for hydroxylation is 2. The zero-order valence-corrected chi connectivity index (χ0v) is 24.6.